The molecule has 1 saturated heterocycles. The van der Waals surface area contributed by atoms with E-state index in [1.165, 1.54) is 11.3 Å². The van der Waals surface area contributed by atoms with E-state index in [1.807, 2.05) is 42.5 Å². The van der Waals surface area contributed by atoms with Gasteiger partial charge >= 0.3 is 0 Å². The van der Waals surface area contributed by atoms with E-state index in [-0.39, 0.29) is 6.04 Å². The lowest BCUT2D eigenvalue weighted by atomic mass is 10.1. The van der Waals surface area contributed by atoms with Crippen LogP contribution in [-0.2, 0) is 10.0 Å². The molecule has 3 N–H and O–H groups in total. The molecule has 0 amide bonds. The third-order valence-electron chi connectivity index (χ3n) is 4.08. The second kappa shape index (κ2) is 6.18. The quantitative estimate of drug-likeness (QED) is 0.669. The van der Waals surface area contributed by atoms with E-state index in [2.05, 4.69) is 15.6 Å². The minimum absolute atomic E-state index is 0.177. The van der Waals surface area contributed by atoms with Gasteiger partial charge < -0.3 is 0 Å². The van der Waals surface area contributed by atoms with Crippen molar-refractivity contribution in [2.45, 2.75) is 16.7 Å². The van der Waals surface area contributed by atoms with E-state index in [0.717, 1.165) is 28.6 Å². The molecular formula is C17H17N3O2S2. The Morgan fingerprint density at radius 2 is 1.88 bits per heavy atom. The summed E-state index contributed by atoms with van der Waals surface area (Å²) in [6.07, 6.45) is 0.955. The smallest absolute Gasteiger partial charge is 0.271 e. The predicted octanol–water partition coefficient (Wildman–Crippen LogP) is 3.24. The Kier molecular flexibility index (Phi) is 4.01. The first-order chi connectivity index (χ1) is 11.6. The number of hydrazine groups is 1. The summed E-state index contributed by atoms with van der Waals surface area (Å²) in [7, 11) is -3.59. The molecule has 124 valence electrons. The number of hydrogen-bond acceptors (Lipinski definition) is 5. The maximum absolute atomic E-state index is 12.7. The number of hydrogen-bond donors (Lipinski definition) is 3. The van der Waals surface area contributed by atoms with Crippen molar-refractivity contribution in [3.8, 4) is 0 Å². The van der Waals surface area contributed by atoms with Crippen LogP contribution < -0.4 is 15.6 Å². The van der Waals surface area contributed by atoms with Gasteiger partial charge in [-0.15, -0.1) is 11.3 Å². The van der Waals surface area contributed by atoms with Crippen molar-refractivity contribution in [3.63, 3.8) is 0 Å². The summed E-state index contributed by atoms with van der Waals surface area (Å²) < 4.78 is 28.5. The zero-order valence-corrected chi connectivity index (χ0v) is 14.5. The Morgan fingerprint density at radius 1 is 1.04 bits per heavy atom. The predicted molar refractivity (Wildman–Crippen MR) is 97.6 cm³/mol. The summed E-state index contributed by atoms with van der Waals surface area (Å²) in [6, 6.07) is 17.1. The largest absolute Gasteiger partial charge is 0.278 e. The van der Waals surface area contributed by atoms with Crippen LogP contribution in [0.15, 0.2) is 58.8 Å². The molecule has 0 saturated carbocycles. The number of sulfonamides is 1. The Morgan fingerprint density at radius 3 is 2.71 bits per heavy atom. The first-order valence-corrected chi connectivity index (χ1v) is 10.0. The molecule has 2 aromatic carbocycles. The van der Waals surface area contributed by atoms with Crippen molar-refractivity contribution in [3.05, 3.63) is 59.5 Å². The second-order valence-electron chi connectivity index (χ2n) is 5.70. The molecule has 5 nitrogen and oxygen atoms in total. The minimum Gasteiger partial charge on any atom is -0.278 e. The summed E-state index contributed by atoms with van der Waals surface area (Å²) in [4.78, 5) is 1.03. The number of anilines is 1. The molecule has 24 heavy (non-hydrogen) atoms. The van der Waals surface area contributed by atoms with Crippen LogP contribution in [0.25, 0.3) is 10.8 Å². The third-order valence-corrected chi connectivity index (χ3v) is 7.13. The molecule has 3 aromatic rings. The Bertz CT molecular complexity index is 971. The number of fused-ring (bicyclic) bond motifs is 1. The molecular weight excluding hydrogens is 342 g/mol. The summed E-state index contributed by atoms with van der Waals surface area (Å²) >= 11 is 1.31. The normalized spacial score (nSPS) is 18.1. The monoisotopic (exact) mass is 359 g/mol. The van der Waals surface area contributed by atoms with Crippen molar-refractivity contribution >= 4 is 37.8 Å². The highest BCUT2D eigenvalue weighted by atomic mass is 32.2. The molecule has 0 aliphatic carbocycles. The Balaban J connectivity index is 1.65. The highest BCUT2D eigenvalue weighted by Gasteiger charge is 2.22. The maximum atomic E-state index is 12.7. The fraction of sp³-hybridized carbons (Fsp3) is 0.176. The van der Waals surface area contributed by atoms with E-state index in [0.29, 0.717) is 9.90 Å². The molecule has 2 heterocycles. The van der Waals surface area contributed by atoms with Crippen LogP contribution >= 0.6 is 11.3 Å². The lowest BCUT2D eigenvalue weighted by Crippen LogP contribution is -2.24. The SMILES string of the molecule is O=S(=O)(Nc1cccc2ccccc12)c1ccc(C2CCNN2)s1. The average Bonchev–Trinajstić information content (AvgIpc) is 3.26. The van der Waals surface area contributed by atoms with Crippen molar-refractivity contribution in [2.24, 2.45) is 0 Å². The molecule has 1 unspecified atom stereocenters. The van der Waals surface area contributed by atoms with Gasteiger partial charge in [0.15, 0.2) is 0 Å². The summed E-state index contributed by atoms with van der Waals surface area (Å²) in [6.45, 7) is 0.888. The molecule has 1 atom stereocenters. The standard InChI is InChI=1S/C17H17N3O2S2/c21-24(22,17-9-8-16(23-17)15-10-11-18-19-15)20-14-7-3-5-12-4-1-2-6-13(12)14/h1-9,15,18-20H,10-11H2. The van der Waals surface area contributed by atoms with Crippen LogP contribution in [0.1, 0.15) is 17.3 Å². The van der Waals surface area contributed by atoms with Gasteiger partial charge in [-0.2, -0.15) is 0 Å². The van der Waals surface area contributed by atoms with Gasteiger partial charge in [0.1, 0.15) is 4.21 Å². The highest BCUT2D eigenvalue weighted by Crippen LogP contribution is 2.31. The molecule has 4 rings (SSSR count). The summed E-state index contributed by atoms with van der Waals surface area (Å²) in [5.41, 5.74) is 6.83. The van der Waals surface area contributed by atoms with Gasteiger partial charge in [-0.25, -0.2) is 13.8 Å². The molecule has 1 fully saturated rings. The lowest BCUT2D eigenvalue weighted by molar-refractivity contribution is 0.588. The van der Waals surface area contributed by atoms with Crippen molar-refractivity contribution in [1.82, 2.24) is 10.9 Å². The van der Waals surface area contributed by atoms with E-state index in [4.69, 9.17) is 0 Å². The van der Waals surface area contributed by atoms with Gasteiger partial charge in [0.2, 0.25) is 0 Å². The highest BCUT2D eigenvalue weighted by molar-refractivity contribution is 7.94. The number of benzene rings is 2. The minimum atomic E-state index is -3.59. The molecule has 7 heteroatoms. The average molecular weight is 359 g/mol. The van der Waals surface area contributed by atoms with Gasteiger partial charge in [0.25, 0.3) is 10.0 Å². The summed E-state index contributed by atoms with van der Waals surface area (Å²) in [5, 5.41) is 1.90. The van der Waals surface area contributed by atoms with Crippen LogP contribution in [0.3, 0.4) is 0 Å². The first-order valence-electron chi connectivity index (χ1n) is 7.72. The molecule has 1 aliphatic heterocycles. The van der Waals surface area contributed by atoms with Crippen LogP contribution in [0.4, 0.5) is 5.69 Å². The first kappa shape index (κ1) is 15.6. The zero-order chi connectivity index (χ0) is 16.6. The third kappa shape index (κ3) is 2.91. The molecule has 0 bridgehead atoms. The van der Waals surface area contributed by atoms with Crippen LogP contribution in [0.5, 0.6) is 0 Å². The van der Waals surface area contributed by atoms with Crippen molar-refractivity contribution in [1.29, 1.82) is 0 Å². The van der Waals surface area contributed by atoms with Crippen LogP contribution in [-0.4, -0.2) is 15.0 Å². The van der Waals surface area contributed by atoms with Gasteiger partial charge in [0.05, 0.1) is 11.7 Å². The number of thiophene rings is 1. The fourth-order valence-corrected chi connectivity index (χ4v) is 5.36. The van der Waals surface area contributed by atoms with Gasteiger partial charge in [-0.05, 0) is 30.0 Å². The Hall–Kier alpha value is -1.93. The molecule has 0 radical (unpaired) electrons. The van der Waals surface area contributed by atoms with Crippen molar-refractivity contribution < 1.29 is 8.42 Å². The zero-order valence-electron chi connectivity index (χ0n) is 12.8. The number of nitrogens with one attached hydrogen (secondary N) is 3. The topological polar surface area (TPSA) is 70.2 Å². The fourth-order valence-electron chi connectivity index (χ4n) is 2.87. The van der Waals surface area contributed by atoms with Gasteiger partial charge in [0, 0.05) is 16.8 Å². The maximum Gasteiger partial charge on any atom is 0.271 e. The second-order valence-corrected chi connectivity index (χ2v) is 8.73. The van der Waals surface area contributed by atoms with Gasteiger partial charge in [-0.3, -0.25) is 10.1 Å². The molecule has 1 aliphatic rings. The van der Waals surface area contributed by atoms with Crippen molar-refractivity contribution in [2.75, 3.05) is 11.3 Å². The summed E-state index contributed by atoms with van der Waals surface area (Å²) in [5.74, 6) is 0. The molecule has 1 aromatic heterocycles. The van der Waals surface area contributed by atoms with Crippen LogP contribution in [0, 0.1) is 0 Å². The van der Waals surface area contributed by atoms with E-state index in [9.17, 15) is 8.42 Å². The van der Waals surface area contributed by atoms with E-state index < -0.39 is 10.0 Å². The van der Waals surface area contributed by atoms with Crippen LogP contribution in [0.2, 0.25) is 0 Å². The van der Waals surface area contributed by atoms with Gasteiger partial charge in [-0.1, -0.05) is 36.4 Å². The molecule has 0 spiro atoms. The van der Waals surface area contributed by atoms with E-state index in [1.54, 1.807) is 12.1 Å². The lowest BCUT2D eigenvalue weighted by Gasteiger charge is -2.10. The Labute approximate surface area is 144 Å². The number of rotatable bonds is 4. The van der Waals surface area contributed by atoms with E-state index >= 15 is 0 Å².